The molecule has 21 heavy (non-hydrogen) atoms. The third-order valence-corrected chi connectivity index (χ3v) is 3.72. The molecule has 0 saturated heterocycles. The van der Waals surface area contributed by atoms with E-state index >= 15 is 0 Å². The highest BCUT2D eigenvalue weighted by Crippen LogP contribution is 2.29. The van der Waals surface area contributed by atoms with Gasteiger partial charge in [-0.1, -0.05) is 13.8 Å². The topological polar surface area (TPSA) is 68.3 Å². The fraction of sp³-hybridized carbons (Fsp3) is 0.471. The minimum atomic E-state index is 0.0119. The Kier molecular flexibility index (Phi) is 5.02. The molecule has 0 aliphatic heterocycles. The van der Waals surface area contributed by atoms with Crippen LogP contribution in [0.5, 0.6) is 0 Å². The molecule has 0 fully saturated rings. The molecule has 0 atom stereocenters. The van der Waals surface area contributed by atoms with Gasteiger partial charge in [0.15, 0.2) is 0 Å². The summed E-state index contributed by atoms with van der Waals surface area (Å²) in [5.41, 5.74) is 9.74. The van der Waals surface area contributed by atoms with Crippen molar-refractivity contribution in [3.8, 4) is 0 Å². The third-order valence-electron chi connectivity index (χ3n) is 3.72. The van der Waals surface area contributed by atoms with Gasteiger partial charge in [-0.25, -0.2) is 0 Å². The second-order valence-corrected chi connectivity index (χ2v) is 5.79. The van der Waals surface area contributed by atoms with E-state index < -0.39 is 0 Å². The first-order chi connectivity index (χ1) is 10.0. The highest BCUT2D eigenvalue weighted by molar-refractivity contribution is 5.88. The lowest BCUT2D eigenvalue weighted by molar-refractivity contribution is -0.120. The standard InChI is InChI=1S/C17H24N2O2/c1-11(2)14-9-15-13(8-17(20)19-6-4-5-18)10-21-16(15)7-12(14)3/h7,9-11H,4-6,8,18H2,1-3H3,(H,19,20). The zero-order valence-electron chi connectivity index (χ0n) is 13.0. The van der Waals surface area contributed by atoms with Gasteiger partial charge >= 0.3 is 0 Å². The number of carbonyl (C=O) groups excluding carboxylic acids is 1. The van der Waals surface area contributed by atoms with Crippen molar-refractivity contribution >= 4 is 16.9 Å². The van der Waals surface area contributed by atoms with Gasteiger partial charge in [0.2, 0.25) is 5.91 Å². The van der Waals surface area contributed by atoms with E-state index in [0.29, 0.717) is 25.4 Å². The molecule has 0 bridgehead atoms. The predicted molar refractivity (Wildman–Crippen MR) is 85.4 cm³/mol. The number of amides is 1. The SMILES string of the molecule is Cc1cc2occ(CC(=O)NCCCN)c2cc1C(C)C. The Morgan fingerprint density at radius 2 is 2.14 bits per heavy atom. The first kappa shape index (κ1) is 15.6. The minimum absolute atomic E-state index is 0.0119. The van der Waals surface area contributed by atoms with Crippen LogP contribution in [-0.4, -0.2) is 19.0 Å². The maximum Gasteiger partial charge on any atom is 0.224 e. The van der Waals surface area contributed by atoms with E-state index in [4.69, 9.17) is 10.2 Å². The Bertz CT molecular complexity index is 629. The second kappa shape index (κ2) is 6.76. The summed E-state index contributed by atoms with van der Waals surface area (Å²) < 4.78 is 5.59. The van der Waals surface area contributed by atoms with Crippen LogP contribution in [0.1, 0.15) is 42.9 Å². The van der Waals surface area contributed by atoms with Crippen LogP contribution in [0.2, 0.25) is 0 Å². The van der Waals surface area contributed by atoms with Crippen LogP contribution in [0.3, 0.4) is 0 Å². The van der Waals surface area contributed by atoms with E-state index in [1.165, 1.54) is 11.1 Å². The quantitative estimate of drug-likeness (QED) is 0.803. The van der Waals surface area contributed by atoms with Crippen molar-refractivity contribution in [1.29, 1.82) is 0 Å². The number of rotatable bonds is 6. The molecule has 1 aromatic carbocycles. The monoisotopic (exact) mass is 288 g/mol. The van der Waals surface area contributed by atoms with Gasteiger partial charge in [-0.15, -0.1) is 0 Å². The van der Waals surface area contributed by atoms with Crippen molar-refractivity contribution in [2.45, 2.75) is 39.5 Å². The van der Waals surface area contributed by atoms with E-state index in [1.807, 2.05) is 0 Å². The van der Waals surface area contributed by atoms with Crippen molar-refractivity contribution in [2.75, 3.05) is 13.1 Å². The zero-order valence-corrected chi connectivity index (χ0v) is 13.0. The summed E-state index contributed by atoms with van der Waals surface area (Å²) in [6.45, 7) is 7.66. The molecule has 0 aliphatic carbocycles. The first-order valence-corrected chi connectivity index (χ1v) is 7.50. The molecule has 114 valence electrons. The lowest BCUT2D eigenvalue weighted by Crippen LogP contribution is -2.27. The normalized spacial score (nSPS) is 11.3. The van der Waals surface area contributed by atoms with Crippen molar-refractivity contribution in [2.24, 2.45) is 5.73 Å². The molecule has 0 unspecified atom stereocenters. The van der Waals surface area contributed by atoms with Gasteiger partial charge in [-0.3, -0.25) is 4.79 Å². The summed E-state index contributed by atoms with van der Waals surface area (Å²) in [5, 5.41) is 3.91. The van der Waals surface area contributed by atoms with Crippen LogP contribution in [0.4, 0.5) is 0 Å². The van der Waals surface area contributed by atoms with Gasteiger partial charge in [0.25, 0.3) is 0 Å². The van der Waals surface area contributed by atoms with Gasteiger partial charge in [0.1, 0.15) is 5.58 Å². The van der Waals surface area contributed by atoms with Gasteiger partial charge in [-0.05, 0) is 49.1 Å². The molecular formula is C17H24N2O2. The summed E-state index contributed by atoms with van der Waals surface area (Å²) in [4.78, 5) is 11.9. The summed E-state index contributed by atoms with van der Waals surface area (Å²) in [5.74, 6) is 0.466. The maximum atomic E-state index is 11.9. The number of hydrogen-bond acceptors (Lipinski definition) is 3. The van der Waals surface area contributed by atoms with Gasteiger partial charge in [-0.2, -0.15) is 0 Å². The van der Waals surface area contributed by atoms with Crippen molar-refractivity contribution < 1.29 is 9.21 Å². The summed E-state index contributed by atoms with van der Waals surface area (Å²) in [6, 6.07) is 4.21. The van der Waals surface area contributed by atoms with E-state index in [-0.39, 0.29) is 5.91 Å². The lowest BCUT2D eigenvalue weighted by Gasteiger charge is -2.10. The number of nitrogens with one attached hydrogen (secondary N) is 1. The molecule has 1 amide bonds. The molecule has 2 aromatic rings. The Hall–Kier alpha value is -1.81. The largest absolute Gasteiger partial charge is 0.464 e. The fourth-order valence-electron chi connectivity index (χ4n) is 2.57. The van der Waals surface area contributed by atoms with Crippen LogP contribution >= 0.6 is 0 Å². The van der Waals surface area contributed by atoms with E-state index in [0.717, 1.165) is 23.0 Å². The molecule has 1 heterocycles. The highest BCUT2D eigenvalue weighted by atomic mass is 16.3. The summed E-state index contributed by atoms with van der Waals surface area (Å²) >= 11 is 0. The zero-order chi connectivity index (χ0) is 15.4. The van der Waals surface area contributed by atoms with E-state index in [2.05, 4.69) is 38.2 Å². The van der Waals surface area contributed by atoms with E-state index in [9.17, 15) is 4.79 Å². The average Bonchev–Trinajstić information content (AvgIpc) is 2.80. The highest BCUT2D eigenvalue weighted by Gasteiger charge is 2.13. The second-order valence-electron chi connectivity index (χ2n) is 5.79. The number of aryl methyl sites for hydroxylation is 1. The summed E-state index contributed by atoms with van der Waals surface area (Å²) in [6.07, 6.45) is 2.84. The van der Waals surface area contributed by atoms with Gasteiger partial charge < -0.3 is 15.5 Å². The molecule has 0 radical (unpaired) electrons. The van der Waals surface area contributed by atoms with Crippen molar-refractivity contribution in [3.05, 3.63) is 35.1 Å². The molecule has 0 saturated carbocycles. The number of furan rings is 1. The molecule has 3 N–H and O–H groups in total. The molecule has 0 spiro atoms. The number of nitrogens with two attached hydrogens (primary N) is 1. The molecular weight excluding hydrogens is 264 g/mol. The van der Waals surface area contributed by atoms with Crippen molar-refractivity contribution in [1.82, 2.24) is 5.32 Å². The van der Waals surface area contributed by atoms with Crippen LogP contribution in [-0.2, 0) is 11.2 Å². The van der Waals surface area contributed by atoms with Crippen LogP contribution in [0.15, 0.2) is 22.8 Å². The maximum absolute atomic E-state index is 11.9. The number of fused-ring (bicyclic) bond motifs is 1. The Morgan fingerprint density at radius 3 is 2.81 bits per heavy atom. The number of carbonyl (C=O) groups is 1. The molecule has 1 aromatic heterocycles. The Balaban J connectivity index is 2.20. The lowest BCUT2D eigenvalue weighted by atomic mass is 9.95. The first-order valence-electron chi connectivity index (χ1n) is 7.50. The van der Waals surface area contributed by atoms with E-state index in [1.54, 1.807) is 6.26 Å². The average molecular weight is 288 g/mol. The van der Waals surface area contributed by atoms with Gasteiger partial charge in [0, 0.05) is 17.5 Å². The molecule has 4 heteroatoms. The van der Waals surface area contributed by atoms with Gasteiger partial charge in [0.05, 0.1) is 12.7 Å². The summed E-state index contributed by atoms with van der Waals surface area (Å²) in [7, 11) is 0. The number of hydrogen-bond donors (Lipinski definition) is 2. The van der Waals surface area contributed by atoms with Crippen LogP contribution in [0.25, 0.3) is 11.0 Å². The minimum Gasteiger partial charge on any atom is -0.464 e. The fourth-order valence-corrected chi connectivity index (χ4v) is 2.57. The Labute approximate surface area is 125 Å². The van der Waals surface area contributed by atoms with Crippen LogP contribution < -0.4 is 11.1 Å². The number of benzene rings is 1. The predicted octanol–water partition coefficient (Wildman–Crippen LogP) is 2.87. The van der Waals surface area contributed by atoms with Crippen molar-refractivity contribution in [3.63, 3.8) is 0 Å². The smallest absolute Gasteiger partial charge is 0.224 e. The molecule has 4 nitrogen and oxygen atoms in total. The molecule has 2 rings (SSSR count). The third kappa shape index (κ3) is 3.64. The Morgan fingerprint density at radius 1 is 1.38 bits per heavy atom. The van der Waals surface area contributed by atoms with Crippen LogP contribution in [0, 0.1) is 6.92 Å². The molecule has 0 aliphatic rings.